The summed E-state index contributed by atoms with van der Waals surface area (Å²) in [4.78, 5) is 25.8. The Balaban J connectivity index is 2.09. The standard InChI is InChI=1S/C9H6N4O3S/c14-8(7-4-11-17-13-7)12-5-1-2-6(9(15)16)10-3-5/h1-4H,(H,12,14)(H,15,16). The molecule has 2 aromatic rings. The minimum absolute atomic E-state index is 0.0849. The Morgan fingerprint density at radius 2 is 2.06 bits per heavy atom. The van der Waals surface area contributed by atoms with Crippen LogP contribution in [0.3, 0.4) is 0 Å². The maximum atomic E-state index is 11.5. The number of amides is 1. The number of carboxylic acids is 1. The highest BCUT2D eigenvalue weighted by Gasteiger charge is 2.10. The lowest BCUT2D eigenvalue weighted by atomic mass is 10.3. The SMILES string of the molecule is O=C(O)c1ccc(NC(=O)c2cnsn2)cn1. The zero-order valence-electron chi connectivity index (χ0n) is 8.32. The summed E-state index contributed by atoms with van der Waals surface area (Å²) in [6, 6.07) is 2.76. The quantitative estimate of drug-likeness (QED) is 0.837. The number of hydrogen-bond donors (Lipinski definition) is 2. The van der Waals surface area contributed by atoms with E-state index in [0.29, 0.717) is 5.69 Å². The molecule has 17 heavy (non-hydrogen) atoms. The summed E-state index contributed by atoms with van der Waals surface area (Å²) >= 11 is 0.931. The molecule has 1 amide bonds. The van der Waals surface area contributed by atoms with Crippen LogP contribution in [-0.4, -0.2) is 30.7 Å². The number of nitrogens with one attached hydrogen (secondary N) is 1. The van der Waals surface area contributed by atoms with Gasteiger partial charge in [-0.05, 0) is 12.1 Å². The molecule has 0 fully saturated rings. The molecule has 0 aromatic carbocycles. The molecule has 0 aliphatic carbocycles. The Morgan fingerprint density at radius 3 is 2.59 bits per heavy atom. The van der Waals surface area contributed by atoms with Gasteiger partial charge >= 0.3 is 5.97 Å². The summed E-state index contributed by atoms with van der Waals surface area (Å²) in [6.45, 7) is 0. The Morgan fingerprint density at radius 1 is 1.24 bits per heavy atom. The number of aromatic nitrogens is 3. The number of aromatic carboxylic acids is 1. The maximum absolute atomic E-state index is 11.5. The van der Waals surface area contributed by atoms with Crippen LogP contribution in [0.15, 0.2) is 24.5 Å². The first-order valence-corrected chi connectivity index (χ1v) is 5.18. The van der Waals surface area contributed by atoms with Gasteiger partial charge in [-0.1, -0.05) is 0 Å². The number of carbonyl (C=O) groups excluding carboxylic acids is 1. The molecule has 0 bridgehead atoms. The summed E-state index contributed by atoms with van der Waals surface area (Å²) in [5.74, 6) is -1.53. The maximum Gasteiger partial charge on any atom is 0.354 e. The minimum atomic E-state index is -1.12. The van der Waals surface area contributed by atoms with Gasteiger partial charge in [-0.15, -0.1) is 0 Å². The molecule has 2 rings (SSSR count). The summed E-state index contributed by atoms with van der Waals surface area (Å²) in [5.41, 5.74) is 0.517. The van der Waals surface area contributed by atoms with Crippen molar-refractivity contribution in [1.82, 2.24) is 13.7 Å². The Bertz CT molecular complexity index is 538. The summed E-state index contributed by atoms with van der Waals surface area (Å²) < 4.78 is 7.46. The predicted molar refractivity (Wildman–Crippen MR) is 59.1 cm³/mol. The van der Waals surface area contributed by atoms with E-state index in [0.717, 1.165) is 11.7 Å². The van der Waals surface area contributed by atoms with E-state index in [1.54, 1.807) is 0 Å². The van der Waals surface area contributed by atoms with Gasteiger partial charge in [0.1, 0.15) is 5.69 Å². The van der Waals surface area contributed by atoms with Crippen LogP contribution in [0.5, 0.6) is 0 Å². The number of carbonyl (C=O) groups is 2. The molecule has 0 aliphatic rings. The van der Waals surface area contributed by atoms with E-state index in [9.17, 15) is 9.59 Å². The number of hydrogen-bond acceptors (Lipinski definition) is 6. The van der Waals surface area contributed by atoms with Crippen LogP contribution in [-0.2, 0) is 0 Å². The third kappa shape index (κ3) is 2.61. The second-order valence-corrected chi connectivity index (χ2v) is 3.54. The van der Waals surface area contributed by atoms with Crippen LogP contribution in [0, 0.1) is 0 Å². The van der Waals surface area contributed by atoms with Gasteiger partial charge in [0.25, 0.3) is 5.91 Å². The van der Waals surface area contributed by atoms with E-state index in [1.807, 2.05) is 0 Å². The fourth-order valence-electron chi connectivity index (χ4n) is 1.05. The molecule has 0 aliphatic heterocycles. The Hall–Kier alpha value is -2.35. The molecule has 0 unspecified atom stereocenters. The topological polar surface area (TPSA) is 105 Å². The number of carboxylic acid groups (broad SMARTS) is 1. The van der Waals surface area contributed by atoms with Gasteiger partial charge in [0.05, 0.1) is 29.8 Å². The van der Waals surface area contributed by atoms with Gasteiger partial charge in [0.15, 0.2) is 5.69 Å². The second kappa shape index (κ2) is 4.66. The van der Waals surface area contributed by atoms with E-state index in [1.165, 1.54) is 24.5 Å². The highest BCUT2D eigenvalue weighted by Crippen LogP contribution is 2.08. The van der Waals surface area contributed by atoms with E-state index >= 15 is 0 Å². The molecular formula is C9H6N4O3S. The molecule has 2 N–H and O–H groups in total. The van der Waals surface area contributed by atoms with Crippen molar-refractivity contribution in [2.24, 2.45) is 0 Å². The lowest BCUT2D eigenvalue weighted by Gasteiger charge is -2.02. The first-order valence-electron chi connectivity index (χ1n) is 4.45. The first-order chi connectivity index (χ1) is 8.16. The van der Waals surface area contributed by atoms with Crippen molar-refractivity contribution in [1.29, 1.82) is 0 Å². The van der Waals surface area contributed by atoms with E-state index in [2.05, 4.69) is 19.0 Å². The smallest absolute Gasteiger partial charge is 0.354 e. The Labute approximate surface area is 99.5 Å². The number of nitrogens with zero attached hydrogens (tertiary/aromatic N) is 3. The molecule has 0 spiro atoms. The molecule has 0 saturated heterocycles. The molecule has 0 radical (unpaired) electrons. The van der Waals surface area contributed by atoms with Crippen molar-refractivity contribution in [3.05, 3.63) is 35.9 Å². The fraction of sp³-hybridized carbons (Fsp3) is 0. The normalized spacial score (nSPS) is 9.88. The third-order valence-corrected chi connectivity index (χ3v) is 2.31. The molecular weight excluding hydrogens is 244 g/mol. The van der Waals surface area contributed by atoms with Gasteiger partial charge in [-0.2, -0.15) is 8.75 Å². The van der Waals surface area contributed by atoms with E-state index in [4.69, 9.17) is 5.11 Å². The summed E-state index contributed by atoms with van der Waals surface area (Å²) in [7, 11) is 0. The van der Waals surface area contributed by atoms with Crippen LogP contribution < -0.4 is 5.32 Å². The zero-order chi connectivity index (χ0) is 12.3. The van der Waals surface area contributed by atoms with Gasteiger partial charge in [0.2, 0.25) is 0 Å². The van der Waals surface area contributed by atoms with Gasteiger partial charge in [-0.3, -0.25) is 4.79 Å². The van der Waals surface area contributed by atoms with Gasteiger partial charge in [-0.25, -0.2) is 9.78 Å². The van der Waals surface area contributed by atoms with E-state index < -0.39 is 11.9 Å². The largest absolute Gasteiger partial charge is 0.477 e. The monoisotopic (exact) mass is 250 g/mol. The highest BCUT2D eigenvalue weighted by atomic mass is 32.1. The third-order valence-electron chi connectivity index (χ3n) is 1.83. The molecule has 0 saturated carbocycles. The van der Waals surface area contributed by atoms with E-state index in [-0.39, 0.29) is 11.4 Å². The number of rotatable bonds is 3. The van der Waals surface area contributed by atoms with Gasteiger partial charge < -0.3 is 10.4 Å². The fourth-order valence-corrected chi connectivity index (χ4v) is 1.47. The van der Waals surface area contributed by atoms with Crippen LogP contribution in [0.1, 0.15) is 21.0 Å². The molecule has 0 atom stereocenters. The first kappa shape index (κ1) is 11.1. The van der Waals surface area contributed by atoms with Crippen LogP contribution in [0.2, 0.25) is 0 Å². The minimum Gasteiger partial charge on any atom is -0.477 e. The average Bonchev–Trinajstić information content (AvgIpc) is 2.83. The lowest BCUT2D eigenvalue weighted by molar-refractivity contribution is 0.0690. The van der Waals surface area contributed by atoms with Crippen molar-refractivity contribution in [3.63, 3.8) is 0 Å². The zero-order valence-corrected chi connectivity index (χ0v) is 9.14. The predicted octanol–water partition coefficient (Wildman–Crippen LogP) is 0.884. The van der Waals surface area contributed by atoms with Crippen molar-refractivity contribution in [2.75, 3.05) is 5.32 Å². The van der Waals surface area contributed by atoms with Crippen LogP contribution in [0.4, 0.5) is 5.69 Å². The van der Waals surface area contributed by atoms with Crippen molar-refractivity contribution in [2.45, 2.75) is 0 Å². The van der Waals surface area contributed by atoms with Crippen molar-refractivity contribution >= 4 is 29.3 Å². The number of pyridine rings is 1. The average molecular weight is 250 g/mol. The van der Waals surface area contributed by atoms with Crippen molar-refractivity contribution < 1.29 is 14.7 Å². The molecule has 86 valence electrons. The molecule has 2 aromatic heterocycles. The second-order valence-electron chi connectivity index (χ2n) is 2.98. The van der Waals surface area contributed by atoms with Crippen molar-refractivity contribution in [3.8, 4) is 0 Å². The highest BCUT2D eigenvalue weighted by molar-refractivity contribution is 6.99. The van der Waals surface area contributed by atoms with Crippen LogP contribution >= 0.6 is 11.7 Å². The molecule has 2 heterocycles. The van der Waals surface area contributed by atoms with Gasteiger partial charge in [0, 0.05) is 0 Å². The Kier molecular flexibility index (Phi) is 3.06. The lowest BCUT2D eigenvalue weighted by Crippen LogP contribution is -2.12. The number of anilines is 1. The summed E-state index contributed by atoms with van der Waals surface area (Å²) in [6.07, 6.45) is 2.61. The summed E-state index contributed by atoms with van der Waals surface area (Å²) in [5, 5.41) is 11.2. The molecule has 7 nitrogen and oxygen atoms in total. The molecule has 8 heteroatoms. The van der Waals surface area contributed by atoms with Crippen LogP contribution in [0.25, 0.3) is 0 Å².